The zero-order valence-corrected chi connectivity index (χ0v) is 9.57. The first-order valence-corrected chi connectivity index (χ1v) is 6.60. The van der Waals surface area contributed by atoms with Gasteiger partial charge in [-0.15, -0.1) is 11.3 Å². The van der Waals surface area contributed by atoms with Gasteiger partial charge in [-0.1, -0.05) is 0 Å². The molecule has 3 N–H and O–H groups in total. The highest BCUT2D eigenvalue weighted by Gasteiger charge is 2.15. The van der Waals surface area contributed by atoms with E-state index in [0.717, 1.165) is 11.3 Å². The van der Waals surface area contributed by atoms with Crippen molar-refractivity contribution < 1.29 is 8.42 Å². The average Bonchev–Trinajstić information content (AvgIpc) is 2.66. The second-order valence-electron chi connectivity index (χ2n) is 2.77. The lowest BCUT2D eigenvalue weighted by atomic mass is 10.4. The summed E-state index contributed by atoms with van der Waals surface area (Å²) in [5.41, 5.74) is 5.25. The Bertz CT molecular complexity index is 458. The summed E-state index contributed by atoms with van der Waals surface area (Å²) in [6.07, 6.45) is 0.593. The van der Waals surface area contributed by atoms with Crippen LogP contribution in [-0.4, -0.2) is 21.5 Å². The van der Waals surface area contributed by atoms with Gasteiger partial charge in [-0.25, -0.2) is 13.1 Å². The molecule has 1 rings (SSSR count). The molecule has 5 nitrogen and oxygen atoms in total. The number of nitrogens with zero attached hydrogens (tertiary/aromatic N) is 1. The fraction of sp³-hybridized carbons (Fsp3) is 0.375. The van der Waals surface area contributed by atoms with Crippen LogP contribution < -0.4 is 10.5 Å². The minimum Gasteiger partial charge on any atom is -0.330 e. The van der Waals surface area contributed by atoms with E-state index in [-0.39, 0.29) is 4.21 Å². The summed E-state index contributed by atoms with van der Waals surface area (Å²) >= 11 is 0.955. The quantitative estimate of drug-likeness (QED) is 0.727. The summed E-state index contributed by atoms with van der Waals surface area (Å²) in [7, 11) is -3.46. The first kappa shape index (κ1) is 12.1. The van der Waals surface area contributed by atoms with Gasteiger partial charge in [0, 0.05) is 6.54 Å². The molecule has 0 aliphatic rings. The predicted octanol–water partition coefficient (Wildman–Crippen LogP) is 0.247. The number of hydrogen-bond donors (Lipinski definition) is 2. The van der Waals surface area contributed by atoms with Crippen molar-refractivity contribution in [1.82, 2.24) is 4.72 Å². The molecule has 0 amide bonds. The molecule has 82 valence electrons. The second kappa shape index (κ2) is 5.23. The maximum atomic E-state index is 11.6. The Morgan fingerprint density at radius 2 is 2.27 bits per heavy atom. The molecule has 1 aromatic heterocycles. The van der Waals surface area contributed by atoms with Crippen molar-refractivity contribution in [2.75, 3.05) is 13.1 Å². The van der Waals surface area contributed by atoms with Crippen LogP contribution in [0.3, 0.4) is 0 Å². The van der Waals surface area contributed by atoms with Crippen LogP contribution in [0.2, 0.25) is 0 Å². The molecular weight excluding hydrogens is 234 g/mol. The van der Waals surface area contributed by atoms with Crippen molar-refractivity contribution >= 4 is 21.4 Å². The molecule has 0 atom stereocenters. The molecule has 7 heteroatoms. The highest BCUT2D eigenvalue weighted by Crippen LogP contribution is 2.20. The third-order valence-electron chi connectivity index (χ3n) is 1.63. The van der Waals surface area contributed by atoms with Gasteiger partial charge in [-0.05, 0) is 25.1 Å². The standard InChI is InChI=1S/C8H11N3O2S2/c9-4-1-5-11-15(12,13)8-3-2-7(6-10)14-8/h2-3,11H,1,4-5,9H2. The van der Waals surface area contributed by atoms with Crippen molar-refractivity contribution in [3.8, 4) is 6.07 Å². The van der Waals surface area contributed by atoms with Gasteiger partial charge in [0.2, 0.25) is 10.0 Å². The van der Waals surface area contributed by atoms with Crippen LogP contribution in [0, 0.1) is 11.3 Å². The Morgan fingerprint density at radius 1 is 1.53 bits per heavy atom. The fourth-order valence-electron chi connectivity index (χ4n) is 0.904. The van der Waals surface area contributed by atoms with E-state index in [1.165, 1.54) is 12.1 Å². The first-order chi connectivity index (χ1) is 7.10. The van der Waals surface area contributed by atoms with Crippen LogP contribution in [0.5, 0.6) is 0 Å². The Labute approximate surface area is 92.6 Å². The number of nitrogens with two attached hydrogens (primary N) is 1. The number of sulfonamides is 1. The van der Waals surface area contributed by atoms with Crippen LogP contribution in [0.4, 0.5) is 0 Å². The summed E-state index contributed by atoms with van der Waals surface area (Å²) in [4.78, 5) is 0.384. The van der Waals surface area contributed by atoms with Crippen molar-refractivity contribution in [3.05, 3.63) is 17.0 Å². The molecule has 1 heterocycles. The van der Waals surface area contributed by atoms with Gasteiger partial charge in [-0.3, -0.25) is 0 Å². The number of rotatable bonds is 5. The topological polar surface area (TPSA) is 96.0 Å². The number of hydrogen-bond acceptors (Lipinski definition) is 5. The molecule has 0 saturated carbocycles. The first-order valence-electron chi connectivity index (χ1n) is 4.30. The molecular formula is C8H11N3O2S2. The Kier molecular flexibility index (Phi) is 4.23. The fourth-order valence-corrected chi connectivity index (χ4v) is 3.13. The van der Waals surface area contributed by atoms with Crippen LogP contribution in [0.25, 0.3) is 0 Å². The molecule has 0 bridgehead atoms. The SMILES string of the molecule is N#Cc1ccc(S(=O)(=O)NCCCN)s1. The van der Waals surface area contributed by atoms with E-state index >= 15 is 0 Å². The molecule has 1 aromatic rings. The minimum absolute atomic E-state index is 0.163. The zero-order valence-electron chi connectivity index (χ0n) is 7.93. The van der Waals surface area contributed by atoms with Gasteiger partial charge in [0.25, 0.3) is 0 Å². The van der Waals surface area contributed by atoms with Crippen LogP contribution in [0.1, 0.15) is 11.3 Å². The van der Waals surface area contributed by atoms with Crippen LogP contribution >= 0.6 is 11.3 Å². The Morgan fingerprint density at radius 3 is 2.80 bits per heavy atom. The van der Waals surface area contributed by atoms with E-state index in [1.54, 1.807) is 0 Å². The zero-order chi connectivity index (χ0) is 11.3. The monoisotopic (exact) mass is 245 g/mol. The normalized spacial score (nSPS) is 11.2. The third kappa shape index (κ3) is 3.28. The molecule has 0 aliphatic heterocycles. The maximum absolute atomic E-state index is 11.6. The van der Waals surface area contributed by atoms with E-state index in [1.807, 2.05) is 6.07 Å². The van der Waals surface area contributed by atoms with Crippen LogP contribution in [0.15, 0.2) is 16.3 Å². The molecule has 0 radical (unpaired) electrons. The summed E-state index contributed by atoms with van der Waals surface area (Å²) < 4.78 is 25.7. The van der Waals surface area contributed by atoms with Crippen molar-refractivity contribution in [2.24, 2.45) is 5.73 Å². The van der Waals surface area contributed by atoms with Gasteiger partial charge >= 0.3 is 0 Å². The second-order valence-corrected chi connectivity index (χ2v) is 5.85. The molecule has 15 heavy (non-hydrogen) atoms. The molecule has 0 aliphatic carbocycles. The minimum atomic E-state index is -3.46. The number of thiophene rings is 1. The Balaban J connectivity index is 2.74. The molecule has 0 unspecified atom stereocenters. The average molecular weight is 245 g/mol. The van der Waals surface area contributed by atoms with Crippen LogP contribution in [-0.2, 0) is 10.0 Å². The summed E-state index contributed by atoms with van der Waals surface area (Å²) in [5.74, 6) is 0. The van der Waals surface area contributed by atoms with Gasteiger partial charge in [-0.2, -0.15) is 5.26 Å². The van der Waals surface area contributed by atoms with E-state index < -0.39 is 10.0 Å². The van der Waals surface area contributed by atoms with Gasteiger partial charge < -0.3 is 5.73 Å². The number of nitrogens with one attached hydrogen (secondary N) is 1. The summed E-state index contributed by atoms with van der Waals surface area (Å²) in [6, 6.07) is 4.81. The van der Waals surface area contributed by atoms with Crippen molar-refractivity contribution in [1.29, 1.82) is 5.26 Å². The third-order valence-corrected chi connectivity index (χ3v) is 4.57. The van der Waals surface area contributed by atoms with E-state index in [0.29, 0.717) is 24.4 Å². The van der Waals surface area contributed by atoms with E-state index in [4.69, 9.17) is 11.0 Å². The lowest BCUT2D eigenvalue weighted by Gasteiger charge is -2.02. The molecule has 0 saturated heterocycles. The largest absolute Gasteiger partial charge is 0.330 e. The lowest BCUT2D eigenvalue weighted by molar-refractivity contribution is 0.581. The van der Waals surface area contributed by atoms with E-state index in [2.05, 4.69) is 4.72 Å². The van der Waals surface area contributed by atoms with Crippen molar-refractivity contribution in [3.63, 3.8) is 0 Å². The van der Waals surface area contributed by atoms with Gasteiger partial charge in [0.05, 0.1) is 0 Å². The van der Waals surface area contributed by atoms with E-state index in [9.17, 15) is 8.42 Å². The highest BCUT2D eigenvalue weighted by molar-refractivity contribution is 7.91. The molecule has 0 aromatic carbocycles. The van der Waals surface area contributed by atoms with Gasteiger partial charge in [0.1, 0.15) is 15.2 Å². The smallest absolute Gasteiger partial charge is 0.250 e. The lowest BCUT2D eigenvalue weighted by Crippen LogP contribution is -2.25. The highest BCUT2D eigenvalue weighted by atomic mass is 32.2. The Hall–Kier alpha value is -0.940. The molecule has 0 fully saturated rings. The summed E-state index contributed by atoms with van der Waals surface area (Å²) in [6.45, 7) is 0.759. The maximum Gasteiger partial charge on any atom is 0.250 e. The van der Waals surface area contributed by atoms with Crippen molar-refractivity contribution in [2.45, 2.75) is 10.6 Å². The number of nitriles is 1. The molecule has 0 spiro atoms. The van der Waals surface area contributed by atoms with Gasteiger partial charge in [0.15, 0.2) is 0 Å². The predicted molar refractivity (Wildman–Crippen MR) is 57.9 cm³/mol. The summed E-state index contributed by atoms with van der Waals surface area (Å²) in [5, 5.41) is 8.56.